The zero-order valence-corrected chi connectivity index (χ0v) is 15.0. The van der Waals surface area contributed by atoms with Crippen LogP contribution in [-0.4, -0.2) is 43.6 Å². The average Bonchev–Trinajstić information content (AvgIpc) is 3.00. The van der Waals surface area contributed by atoms with Crippen LogP contribution in [0.1, 0.15) is 23.2 Å². The molecule has 2 saturated heterocycles. The largest absolute Gasteiger partial charge is 0.497 e. The van der Waals surface area contributed by atoms with Crippen LogP contribution in [0.2, 0.25) is 0 Å². The van der Waals surface area contributed by atoms with E-state index in [-0.39, 0.29) is 11.9 Å². The number of carbonyl (C=O) groups is 1. The van der Waals surface area contributed by atoms with Crippen LogP contribution in [-0.2, 0) is 0 Å². The third kappa shape index (κ3) is 3.83. The summed E-state index contributed by atoms with van der Waals surface area (Å²) < 4.78 is 11.0. The molecular weight excluding hydrogens is 328 g/mol. The van der Waals surface area contributed by atoms with Crippen LogP contribution in [0.4, 0.5) is 0 Å². The van der Waals surface area contributed by atoms with Crippen molar-refractivity contribution in [3.05, 3.63) is 54.1 Å². The summed E-state index contributed by atoms with van der Waals surface area (Å²) in [5.74, 6) is 2.87. The van der Waals surface area contributed by atoms with E-state index in [2.05, 4.69) is 10.2 Å². The second kappa shape index (κ2) is 7.38. The standard InChI is InChI=1S/C21H24N2O3/c1-25-19-3-2-4-20(12-19)26-18-7-5-16(6-8-18)21(24)22-17-11-15-9-10-23(13-15)14-17/h2-8,12,15,17H,9-11,13-14H2,1H3,(H,22,24). The van der Waals surface area contributed by atoms with E-state index in [0.29, 0.717) is 17.1 Å². The molecule has 2 fully saturated rings. The highest BCUT2D eigenvalue weighted by atomic mass is 16.5. The van der Waals surface area contributed by atoms with Gasteiger partial charge in [-0.25, -0.2) is 0 Å². The Bertz CT molecular complexity index is 763. The van der Waals surface area contributed by atoms with E-state index in [1.807, 2.05) is 48.5 Å². The predicted molar refractivity (Wildman–Crippen MR) is 99.9 cm³/mol. The molecular formula is C21H24N2O3. The van der Waals surface area contributed by atoms with Crippen LogP contribution in [0.15, 0.2) is 48.5 Å². The first-order chi connectivity index (χ1) is 12.7. The normalized spacial score (nSPS) is 24.1. The van der Waals surface area contributed by atoms with Crippen molar-refractivity contribution in [1.29, 1.82) is 0 Å². The molecule has 5 nitrogen and oxygen atoms in total. The van der Waals surface area contributed by atoms with Crippen LogP contribution in [0.3, 0.4) is 0 Å². The van der Waals surface area contributed by atoms with E-state index < -0.39 is 0 Å². The summed E-state index contributed by atoms with van der Waals surface area (Å²) in [4.78, 5) is 15.0. The number of fused-ring (bicyclic) bond motifs is 2. The van der Waals surface area contributed by atoms with Crippen molar-refractivity contribution in [3.63, 3.8) is 0 Å². The fraction of sp³-hybridized carbons (Fsp3) is 0.381. The molecule has 2 bridgehead atoms. The molecule has 2 heterocycles. The maximum Gasteiger partial charge on any atom is 0.251 e. The summed E-state index contributed by atoms with van der Waals surface area (Å²) in [5.41, 5.74) is 0.663. The fourth-order valence-electron chi connectivity index (χ4n) is 3.91. The lowest BCUT2D eigenvalue weighted by Crippen LogP contribution is -2.46. The van der Waals surface area contributed by atoms with Gasteiger partial charge < -0.3 is 19.7 Å². The van der Waals surface area contributed by atoms with Gasteiger partial charge in [0.1, 0.15) is 17.2 Å². The van der Waals surface area contributed by atoms with E-state index in [4.69, 9.17) is 9.47 Å². The highest BCUT2D eigenvalue weighted by molar-refractivity contribution is 5.94. The molecule has 0 radical (unpaired) electrons. The first kappa shape index (κ1) is 16.9. The number of nitrogens with one attached hydrogen (secondary N) is 1. The SMILES string of the molecule is COc1cccc(Oc2ccc(C(=O)NC3CC4CCN(C4)C3)cc2)c1. The van der Waals surface area contributed by atoms with E-state index in [9.17, 15) is 4.79 Å². The number of amides is 1. The first-order valence-corrected chi connectivity index (χ1v) is 9.15. The number of benzene rings is 2. The van der Waals surface area contributed by atoms with Crippen molar-refractivity contribution in [1.82, 2.24) is 10.2 Å². The monoisotopic (exact) mass is 352 g/mol. The second-order valence-electron chi connectivity index (χ2n) is 7.13. The molecule has 136 valence electrons. The first-order valence-electron chi connectivity index (χ1n) is 9.15. The van der Waals surface area contributed by atoms with Gasteiger partial charge in [0.2, 0.25) is 0 Å². The minimum atomic E-state index is -0.00886. The zero-order valence-electron chi connectivity index (χ0n) is 15.0. The Hall–Kier alpha value is -2.53. The smallest absolute Gasteiger partial charge is 0.251 e. The molecule has 2 aromatic carbocycles. The third-order valence-corrected chi connectivity index (χ3v) is 5.20. The molecule has 2 aromatic rings. The van der Waals surface area contributed by atoms with Crippen molar-refractivity contribution >= 4 is 5.91 Å². The molecule has 3 atom stereocenters. The fourth-order valence-corrected chi connectivity index (χ4v) is 3.91. The van der Waals surface area contributed by atoms with E-state index in [1.165, 1.54) is 19.5 Å². The molecule has 1 N–H and O–H groups in total. The molecule has 26 heavy (non-hydrogen) atoms. The number of ether oxygens (including phenoxy) is 2. The van der Waals surface area contributed by atoms with Gasteiger partial charge in [0, 0.05) is 30.8 Å². The summed E-state index contributed by atoms with van der Waals surface area (Å²) in [6.07, 6.45) is 2.36. The highest BCUT2D eigenvalue weighted by Gasteiger charge is 2.32. The molecule has 5 heteroatoms. The van der Waals surface area contributed by atoms with Crippen LogP contribution in [0.5, 0.6) is 17.2 Å². The lowest BCUT2D eigenvalue weighted by molar-refractivity contribution is 0.0909. The molecule has 4 rings (SSSR count). The maximum atomic E-state index is 12.5. The Morgan fingerprint density at radius 1 is 1.08 bits per heavy atom. The Morgan fingerprint density at radius 2 is 1.88 bits per heavy atom. The number of methoxy groups -OCH3 is 1. The molecule has 2 aliphatic rings. The van der Waals surface area contributed by atoms with Crippen LogP contribution < -0.4 is 14.8 Å². The van der Waals surface area contributed by atoms with Crippen molar-refractivity contribution in [2.75, 3.05) is 26.7 Å². The zero-order chi connectivity index (χ0) is 17.9. The van der Waals surface area contributed by atoms with Gasteiger partial charge in [-0.2, -0.15) is 0 Å². The molecule has 0 spiro atoms. The number of rotatable bonds is 5. The van der Waals surface area contributed by atoms with E-state index in [0.717, 1.165) is 24.6 Å². The van der Waals surface area contributed by atoms with E-state index in [1.54, 1.807) is 7.11 Å². The Balaban J connectivity index is 1.36. The molecule has 0 saturated carbocycles. The van der Waals surface area contributed by atoms with Gasteiger partial charge in [-0.05, 0) is 61.7 Å². The average molecular weight is 352 g/mol. The minimum absolute atomic E-state index is 0.00886. The van der Waals surface area contributed by atoms with Crippen molar-refractivity contribution < 1.29 is 14.3 Å². The molecule has 0 aromatic heterocycles. The quantitative estimate of drug-likeness (QED) is 0.897. The summed E-state index contributed by atoms with van der Waals surface area (Å²) in [6, 6.07) is 15.0. The Labute approximate surface area is 153 Å². The number of hydrogen-bond donors (Lipinski definition) is 1. The van der Waals surface area contributed by atoms with Crippen LogP contribution in [0.25, 0.3) is 0 Å². The molecule has 1 amide bonds. The van der Waals surface area contributed by atoms with Gasteiger partial charge in [0.15, 0.2) is 0 Å². The van der Waals surface area contributed by atoms with Gasteiger partial charge in [0.25, 0.3) is 5.91 Å². The summed E-state index contributed by atoms with van der Waals surface area (Å²) in [6.45, 7) is 3.34. The number of piperidine rings is 1. The van der Waals surface area contributed by atoms with Crippen molar-refractivity contribution in [2.45, 2.75) is 18.9 Å². The van der Waals surface area contributed by atoms with Gasteiger partial charge in [-0.3, -0.25) is 4.79 Å². The van der Waals surface area contributed by atoms with Crippen molar-refractivity contribution in [2.24, 2.45) is 5.92 Å². The topological polar surface area (TPSA) is 50.8 Å². The third-order valence-electron chi connectivity index (χ3n) is 5.20. The number of hydrogen-bond acceptors (Lipinski definition) is 4. The molecule has 2 aliphatic heterocycles. The highest BCUT2D eigenvalue weighted by Crippen LogP contribution is 2.27. The molecule has 3 unspecified atom stereocenters. The Kier molecular flexibility index (Phi) is 4.80. The van der Waals surface area contributed by atoms with Crippen LogP contribution in [0, 0.1) is 5.92 Å². The van der Waals surface area contributed by atoms with E-state index >= 15 is 0 Å². The van der Waals surface area contributed by atoms with Gasteiger partial charge in [-0.15, -0.1) is 0 Å². The van der Waals surface area contributed by atoms with Crippen LogP contribution >= 0.6 is 0 Å². The number of nitrogens with zero attached hydrogens (tertiary/aromatic N) is 1. The lowest BCUT2D eigenvalue weighted by Gasteiger charge is -2.30. The Morgan fingerprint density at radius 3 is 2.65 bits per heavy atom. The summed E-state index contributed by atoms with van der Waals surface area (Å²) >= 11 is 0. The minimum Gasteiger partial charge on any atom is -0.497 e. The summed E-state index contributed by atoms with van der Waals surface area (Å²) in [5, 5.41) is 3.18. The summed E-state index contributed by atoms with van der Waals surface area (Å²) in [7, 11) is 1.63. The van der Waals surface area contributed by atoms with Gasteiger partial charge >= 0.3 is 0 Å². The van der Waals surface area contributed by atoms with Gasteiger partial charge in [-0.1, -0.05) is 6.07 Å². The predicted octanol–water partition coefficient (Wildman–Crippen LogP) is 3.31. The molecule has 0 aliphatic carbocycles. The van der Waals surface area contributed by atoms with Gasteiger partial charge in [0.05, 0.1) is 7.11 Å². The second-order valence-corrected chi connectivity index (χ2v) is 7.13. The lowest BCUT2D eigenvalue weighted by atomic mass is 9.96. The maximum absolute atomic E-state index is 12.5. The van der Waals surface area contributed by atoms with Crippen molar-refractivity contribution in [3.8, 4) is 17.2 Å². The number of carbonyl (C=O) groups excluding carboxylic acids is 1.